The van der Waals surface area contributed by atoms with Gasteiger partial charge in [-0.05, 0) is 56.5 Å². The van der Waals surface area contributed by atoms with Crippen molar-refractivity contribution in [2.24, 2.45) is 0 Å². The number of rotatable bonds is 12. The van der Waals surface area contributed by atoms with Crippen LogP contribution in [-0.4, -0.2) is 56.3 Å². The van der Waals surface area contributed by atoms with Gasteiger partial charge in [0.05, 0.1) is 11.9 Å². The van der Waals surface area contributed by atoms with E-state index in [2.05, 4.69) is 5.32 Å². The van der Waals surface area contributed by atoms with Gasteiger partial charge >= 0.3 is 0 Å². The Bertz CT molecular complexity index is 1540. The molecule has 1 atom stereocenters. The monoisotopic (exact) mass is 627 g/mol. The summed E-state index contributed by atoms with van der Waals surface area (Å²) in [6, 6.07) is 20.8. The molecular weight excluding hydrogens is 590 g/mol. The van der Waals surface area contributed by atoms with Gasteiger partial charge in [0.15, 0.2) is 11.5 Å². The maximum Gasteiger partial charge on any atom is 0.243 e. The van der Waals surface area contributed by atoms with Crippen LogP contribution in [-0.2, 0) is 32.6 Å². The Morgan fingerprint density at radius 1 is 0.977 bits per heavy atom. The van der Waals surface area contributed by atoms with Gasteiger partial charge in [-0.2, -0.15) is 0 Å². The third kappa shape index (κ3) is 8.87. The molecule has 0 spiro atoms. The number of carbonyl (C=O) groups excluding carboxylic acids is 2. The first kappa shape index (κ1) is 32.2. The van der Waals surface area contributed by atoms with Crippen LogP contribution in [0, 0.1) is 0 Å². The Kier molecular flexibility index (Phi) is 10.2. The summed E-state index contributed by atoms with van der Waals surface area (Å²) in [5.41, 5.74) is 1.50. The van der Waals surface area contributed by atoms with E-state index in [0.29, 0.717) is 34.2 Å². The molecule has 1 heterocycles. The molecule has 1 aliphatic heterocycles. The second-order valence-electron chi connectivity index (χ2n) is 11.5. The molecule has 230 valence electrons. The molecule has 0 saturated heterocycles. The van der Waals surface area contributed by atoms with Crippen molar-refractivity contribution in [3.05, 3.63) is 88.9 Å². The third-order valence-corrected chi connectivity index (χ3v) is 8.43. The van der Waals surface area contributed by atoms with Crippen molar-refractivity contribution in [2.45, 2.75) is 58.2 Å². The fourth-order valence-corrected chi connectivity index (χ4v) is 6.01. The molecule has 2 amide bonds. The van der Waals surface area contributed by atoms with Crippen LogP contribution in [0.15, 0.2) is 72.8 Å². The largest absolute Gasteiger partial charge is 0.454 e. The number of benzene rings is 3. The Balaban J connectivity index is 1.60. The van der Waals surface area contributed by atoms with Crippen LogP contribution in [0.1, 0.15) is 44.7 Å². The summed E-state index contributed by atoms with van der Waals surface area (Å²) in [6.07, 6.45) is 1.65. The number of nitrogens with one attached hydrogen (secondary N) is 1. The van der Waals surface area contributed by atoms with Gasteiger partial charge < -0.3 is 19.7 Å². The standard InChI is InChI=1S/C32H38ClN3O6S/c1-32(2,3)34-31(38)27(19-23-11-6-5-7-12-23)35(21-24-13-8-9-14-26(24)33)30(37)15-10-18-36(43(4,39)40)25-16-17-28-29(20-25)42-22-41-28/h5-9,11-14,16-17,20,27H,10,15,18-19,21-22H2,1-4H3,(H,34,38)/t27-/m1/s1. The first-order valence-corrected chi connectivity index (χ1v) is 16.3. The van der Waals surface area contributed by atoms with Gasteiger partial charge in [0.1, 0.15) is 6.04 Å². The lowest BCUT2D eigenvalue weighted by Crippen LogP contribution is -2.54. The Labute approximate surface area is 258 Å². The lowest BCUT2D eigenvalue weighted by atomic mass is 10.00. The fourth-order valence-electron chi connectivity index (χ4n) is 4.86. The van der Waals surface area contributed by atoms with Crippen LogP contribution in [0.5, 0.6) is 11.5 Å². The normalized spacial score (nSPS) is 13.3. The van der Waals surface area contributed by atoms with Crippen LogP contribution in [0.3, 0.4) is 0 Å². The number of amides is 2. The van der Waals surface area contributed by atoms with E-state index < -0.39 is 21.6 Å². The number of carbonyl (C=O) groups is 2. The highest BCUT2D eigenvalue weighted by Crippen LogP contribution is 2.36. The molecule has 0 aromatic heterocycles. The van der Waals surface area contributed by atoms with Gasteiger partial charge in [-0.3, -0.25) is 13.9 Å². The van der Waals surface area contributed by atoms with Crippen molar-refractivity contribution < 1.29 is 27.5 Å². The van der Waals surface area contributed by atoms with Gasteiger partial charge in [-0.25, -0.2) is 8.42 Å². The maximum atomic E-state index is 14.0. The molecule has 3 aromatic rings. The number of halogens is 1. The average molecular weight is 628 g/mol. The van der Waals surface area contributed by atoms with Gasteiger partial charge in [0, 0.05) is 42.6 Å². The van der Waals surface area contributed by atoms with Crippen molar-refractivity contribution in [2.75, 3.05) is 23.9 Å². The van der Waals surface area contributed by atoms with Crippen LogP contribution < -0.4 is 19.1 Å². The van der Waals surface area contributed by atoms with E-state index in [-0.39, 0.29) is 44.5 Å². The number of hydrogen-bond acceptors (Lipinski definition) is 6. The van der Waals surface area contributed by atoms with E-state index in [1.807, 2.05) is 69.3 Å². The van der Waals surface area contributed by atoms with Crippen molar-refractivity contribution in [1.82, 2.24) is 10.2 Å². The number of sulfonamides is 1. The van der Waals surface area contributed by atoms with Gasteiger partial charge in [0.2, 0.25) is 28.6 Å². The minimum absolute atomic E-state index is 0.00904. The molecule has 0 radical (unpaired) electrons. The summed E-state index contributed by atoms with van der Waals surface area (Å²) in [4.78, 5) is 29.3. The van der Waals surface area contributed by atoms with Gasteiger partial charge in [-0.1, -0.05) is 60.1 Å². The zero-order chi connectivity index (χ0) is 31.2. The lowest BCUT2D eigenvalue weighted by molar-refractivity contribution is -0.142. The highest BCUT2D eigenvalue weighted by Gasteiger charge is 2.32. The molecule has 0 unspecified atom stereocenters. The van der Waals surface area contributed by atoms with E-state index >= 15 is 0 Å². The van der Waals surface area contributed by atoms with Gasteiger partial charge in [-0.15, -0.1) is 0 Å². The number of nitrogens with zero attached hydrogens (tertiary/aromatic N) is 2. The quantitative estimate of drug-likeness (QED) is 0.297. The summed E-state index contributed by atoms with van der Waals surface area (Å²) in [6.45, 7) is 5.91. The predicted molar refractivity (Wildman–Crippen MR) is 168 cm³/mol. The number of ether oxygens (including phenoxy) is 2. The summed E-state index contributed by atoms with van der Waals surface area (Å²) in [5.74, 6) is 0.432. The molecule has 0 bridgehead atoms. The van der Waals surface area contributed by atoms with Gasteiger partial charge in [0.25, 0.3) is 0 Å². The van der Waals surface area contributed by atoms with Crippen LogP contribution in [0.2, 0.25) is 5.02 Å². The summed E-state index contributed by atoms with van der Waals surface area (Å²) < 4.78 is 37.5. The summed E-state index contributed by atoms with van der Waals surface area (Å²) in [5, 5.41) is 3.52. The van der Waals surface area contributed by atoms with E-state index in [4.69, 9.17) is 21.1 Å². The number of anilines is 1. The molecule has 0 fully saturated rings. The molecule has 0 aliphatic carbocycles. The molecule has 4 rings (SSSR count). The Morgan fingerprint density at radius 3 is 2.33 bits per heavy atom. The van der Waals surface area contributed by atoms with Crippen molar-refractivity contribution in [3.8, 4) is 11.5 Å². The van der Waals surface area contributed by atoms with E-state index in [9.17, 15) is 18.0 Å². The molecular formula is C32H38ClN3O6S. The zero-order valence-corrected chi connectivity index (χ0v) is 26.5. The first-order chi connectivity index (χ1) is 20.3. The van der Waals surface area contributed by atoms with Crippen molar-refractivity contribution in [1.29, 1.82) is 0 Å². The minimum atomic E-state index is -3.67. The van der Waals surface area contributed by atoms with E-state index in [1.54, 1.807) is 29.2 Å². The minimum Gasteiger partial charge on any atom is -0.454 e. The second kappa shape index (κ2) is 13.7. The molecule has 43 heavy (non-hydrogen) atoms. The lowest BCUT2D eigenvalue weighted by Gasteiger charge is -2.34. The number of fused-ring (bicyclic) bond motifs is 1. The Morgan fingerprint density at radius 2 is 1.65 bits per heavy atom. The average Bonchev–Trinajstić information content (AvgIpc) is 3.41. The molecule has 1 aliphatic rings. The summed E-state index contributed by atoms with van der Waals surface area (Å²) in [7, 11) is -3.67. The van der Waals surface area contributed by atoms with E-state index in [1.165, 1.54) is 4.31 Å². The zero-order valence-electron chi connectivity index (χ0n) is 24.9. The summed E-state index contributed by atoms with van der Waals surface area (Å²) >= 11 is 6.50. The molecule has 11 heteroatoms. The fraction of sp³-hybridized carbons (Fsp3) is 0.375. The SMILES string of the molecule is CC(C)(C)NC(=O)[C@@H](Cc1ccccc1)N(Cc1ccccc1Cl)C(=O)CCCN(c1ccc2c(c1)OCO2)S(C)(=O)=O. The topological polar surface area (TPSA) is 105 Å². The van der Waals surface area contributed by atoms with E-state index in [0.717, 1.165) is 11.8 Å². The second-order valence-corrected chi connectivity index (χ2v) is 13.8. The molecule has 9 nitrogen and oxygen atoms in total. The van der Waals surface area contributed by atoms with Crippen molar-refractivity contribution in [3.63, 3.8) is 0 Å². The highest BCUT2D eigenvalue weighted by atomic mass is 35.5. The predicted octanol–water partition coefficient (Wildman–Crippen LogP) is 5.17. The Hall–Kier alpha value is -3.76. The van der Waals surface area contributed by atoms with Crippen LogP contribution in [0.4, 0.5) is 5.69 Å². The van der Waals surface area contributed by atoms with Crippen molar-refractivity contribution >= 4 is 39.1 Å². The number of hydrogen-bond donors (Lipinski definition) is 1. The molecule has 0 saturated carbocycles. The van der Waals surface area contributed by atoms with Crippen LogP contribution >= 0.6 is 11.6 Å². The third-order valence-electron chi connectivity index (χ3n) is 6.86. The highest BCUT2D eigenvalue weighted by molar-refractivity contribution is 7.92. The smallest absolute Gasteiger partial charge is 0.243 e. The maximum absolute atomic E-state index is 14.0. The molecule has 1 N–H and O–H groups in total. The van der Waals surface area contributed by atoms with Crippen LogP contribution in [0.25, 0.3) is 0 Å². The molecule has 3 aromatic carbocycles. The first-order valence-electron chi connectivity index (χ1n) is 14.1.